The summed E-state index contributed by atoms with van der Waals surface area (Å²) >= 11 is 0. The zero-order chi connectivity index (χ0) is 13.7. The van der Waals surface area contributed by atoms with E-state index in [0.29, 0.717) is 5.56 Å². The Balaban J connectivity index is 2.15. The molecule has 0 spiro atoms. The molecule has 0 saturated heterocycles. The van der Waals surface area contributed by atoms with Gasteiger partial charge in [0.05, 0.1) is 24.8 Å². The molecule has 1 aliphatic rings. The minimum absolute atomic E-state index is 0.208. The van der Waals surface area contributed by atoms with Crippen molar-refractivity contribution in [3.05, 3.63) is 29.8 Å². The Labute approximate surface area is 114 Å². The van der Waals surface area contributed by atoms with Crippen molar-refractivity contribution in [2.75, 3.05) is 19.5 Å². The average molecular weight is 263 g/mol. The lowest BCUT2D eigenvalue weighted by molar-refractivity contribution is 0.0586. The molecule has 0 aliphatic heterocycles. The maximum absolute atomic E-state index is 11.7. The zero-order valence-corrected chi connectivity index (χ0v) is 11.5. The first-order chi connectivity index (χ1) is 9.26. The monoisotopic (exact) mass is 263 g/mol. The van der Waals surface area contributed by atoms with E-state index < -0.39 is 0 Å². The van der Waals surface area contributed by atoms with Crippen LogP contribution in [0.1, 0.15) is 36.0 Å². The van der Waals surface area contributed by atoms with Crippen LogP contribution in [0.15, 0.2) is 24.3 Å². The molecule has 1 aromatic rings. The number of methoxy groups -OCH3 is 2. The third-order valence-corrected chi connectivity index (χ3v) is 3.68. The minimum atomic E-state index is -0.312. The molecule has 1 aromatic carbocycles. The van der Waals surface area contributed by atoms with Crippen molar-refractivity contribution in [1.82, 2.24) is 0 Å². The van der Waals surface area contributed by atoms with Crippen molar-refractivity contribution >= 4 is 11.7 Å². The molecule has 4 nitrogen and oxygen atoms in total. The molecule has 0 amide bonds. The summed E-state index contributed by atoms with van der Waals surface area (Å²) in [5, 5.41) is 3.44. The van der Waals surface area contributed by atoms with Crippen molar-refractivity contribution in [2.45, 2.75) is 37.8 Å². The van der Waals surface area contributed by atoms with Crippen molar-refractivity contribution < 1.29 is 14.3 Å². The fraction of sp³-hybridized carbons (Fsp3) is 0.533. The molecule has 0 aromatic heterocycles. The quantitative estimate of drug-likeness (QED) is 0.849. The van der Waals surface area contributed by atoms with E-state index in [1.807, 2.05) is 18.2 Å². The van der Waals surface area contributed by atoms with E-state index in [0.717, 1.165) is 18.5 Å². The van der Waals surface area contributed by atoms with E-state index >= 15 is 0 Å². The molecule has 1 saturated carbocycles. The van der Waals surface area contributed by atoms with E-state index in [9.17, 15) is 4.79 Å². The molecule has 1 N–H and O–H groups in total. The number of rotatable bonds is 4. The Hall–Kier alpha value is -1.55. The predicted molar refractivity (Wildman–Crippen MR) is 74.5 cm³/mol. The maximum atomic E-state index is 11.7. The van der Waals surface area contributed by atoms with Gasteiger partial charge < -0.3 is 14.8 Å². The van der Waals surface area contributed by atoms with Gasteiger partial charge in [-0.25, -0.2) is 4.79 Å². The molecule has 104 valence electrons. The number of carbonyl (C=O) groups is 1. The number of nitrogens with one attached hydrogen (secondary N) is 1. The SMILES string of the molecule is COC(=O)c1ccccc1NC1CCCCC1OC. The molecule has 1 fully saturated rings. The highest BCUT2D eigenvalue weighted by atomic mass is 16.5. The summed E-state index contributed by atoms with van der Waals surface area (Å²) in [5.41, 5.74) is 1.40. The largest absolute Gasteiger partial charge is 0.465 e. The molecule has 2 atom stereocenters. The van der Waals surface area contributed by atoms with E-state index in [2.05, 4.69) is 5.32 Å². The summed E-state index contributed by atoms with van der Waals surface area (Å²) < 4.78 is 10.3. The highest BCUT2D eigenvalue weighted by Crippen LogP contribution is 2.26. The van der Waals surface area contributed by atoms with Crippen LogP contribution >= 0.6 is 0 Å². The first-order valence-corrected chi connectivity index (χ1v) is 6.73. The summed E-state index contributed by atoms with van der Waals surface area (Å²) in [6.45, 7) is 0. The summed E-state index contributed by atoms with van der Waals surface area (Å²) in [6.07, 6.45) is 4.73. The van der Waals surface area contributed by atoms with E-state index in [4.69, 9.17) is 9.47 Å². The van der Waals surface area contributed by atoms with Gasteiger partial charge in [-0.1, -0.05) is 25.0 Å². The van der Waals surface area contributed by atoms with Gasteiger partial charge in [0.2, 0.25) is 0 Å². The molecule has 1 aliphatic carbocycles. The number of carbonyl (C=O) groups excluding carboxylic acids is 1. The Kier molecular flexibility index (Phi) is 4.80. The van der Waals surface area contributed by atoms with Gasteiger partial charge >= 0.3 is 5.97 Å². The second-order valence-electron chi connectivity index (χ2n) is 4.85. The normalized spacial score (nSPS) is 22.8. The second-order valence-corrected chi connectivity index (χ2v) is 4.85. The highest BCUT2D eigenvalue weighted by molar-refractivity contribution is 5.95. The van der Waals surface area contributed by atoms with E-state index in [-0.39, 0.29) is 18.1 Å². The van der Waals surface area contributed by atoms with Crippen molar-refractivity contribution in [1.29, 1.82) is 0 Å². The summed E-state index contributed by atoms with van der Waals surface area (Å²) in [4.78, 5) is 11.7. The number of benzene rings is 1. The molecule has 4 heteroatoms. The Morgan fingerprint density at radius 2 is 1.95 bits per heavy atom. The third kappa shape index (κ3) is 3.26. The van der Waals surface area contributed by atoms with Crippen LogP contribution in [0.3, 0.4) is 0 Å². The molecule has 0 bridgehead atoms. The topological polar surface area (TPSA) is 47.6 Å². The van der Waals surface area contributed by atoms with Gasteiger partial charge in [-0.15, -0.1) is 0 Å². The first-order valence-electron chi connectivity index (χ1n) is 6.73. The number of anilines is 1. The van der Waals surface area contributed by atoms with Gasteiger partial charge in [0.15, 0.2) is 0 Å². The highest BCUT2D eigenvalue weighted by Gasteiger charge is 2.25. The van der Waals surface area contributed by atoms with E-state index in [1.54, 1.807) is 13.2 Å². The van der Waals surface area contributed by atoms with Crippen molar-refractivity contribution in [3.8, 4) is 0 Å². The van der Waals surface area contributed by atoms with Crippen LogP contribution < -0.4 is 5.32 Å². The van der Waals surface area contributed by atoms with Crippen molar-refractivity contribution in [2.24, 2.45) is 0 Å². The number of esters is 1. The van der Waals surface area contributed by atoms with E-state index in [1.165, 1.54) is 20.0 Å². The average Bonchev–Trinajstić information content (AvgIpc) is 2.47. The minimum Gasteiger partial charge on any atom is -0.465 e. The zero-order valence-electron chi connectivity index (χ0n) is 11.5. The van der Waals surface area contributed by atoms with Crippen molar-refractivity contribution in [3.63, 3.8) is 0 Å². The number of hydrogen-bond acceptors (Lipinski definition) is 4. The van der Waals surface area contributed by atoms with Crippen LogP contribution in [0.4, 0.5) is 5.69 Å². The third-order valence-electron chi connectivity index (χ3n) is 3.68. The molecule has 19 heavy (non-hydrogen) atoms. The lowest BCUT2D eigenvalue weighted by Crippen LogP contribution is -2.38. The fourth-order valence-electron chi connectivity index (χ4n) is 2.64. The van der Waals surface area contributed by atoms with Gasteiger partial charge in [-0.05, 0) is 25.0 Å². The predicted octanol–water partition coefficient (Wildman–Crippen LogP) is 2.84. The molecular formula is C15H21NO3. The van der Waals surface area contributed by atoms with Crippen LogP contribution in [0.25, 0.3) is 0 Å². The Morgan fingerprint density at radius 1 is 1.21 bits per heavy atom. The molecule has 2 unspecified atom stereocenters. The van der Waals surface area contributed by atoms with Gasteiger partial charge in [0.25, 0.3) is 0 Å². The standard InChI is InChI=1S/C15H21NO3/c1-18-14-10-6-5-9-13(14)16-12-8-4-3-7-11(12)15(17)19-2/h3-4,7-8,13-14,16H,5-6,9-10H2,1-2H3. The summed E-state index contributed by atoms with van der Waals surface area (Å²) in [5.74, 6) is -0.312. The first kappa shape index (κ1) is 13.9. The molecule has 0 heterocycles. The Bertz CT molecular complexity index is 433. The van der Waals surface area contributed by atoms with Crippen LogP contribution in [0.5, 0.6) is 0 Å². The van der Waals surface area contributed by atoms with Gasteiger partial charge in [-0.3, -0.25) is 0 Å². The lowest BCUT2D eigenvalue weighted by Gasteiger charge is -2.32. The number of ether oxygens (including phenoxy) is 2. The van der Waals surface area contributed by atoms with Gasteiger partial charge in [0.1, 0.15) is 0 Å². The van der Waals surface area contributed by atoms with Crippen LogP contribution in [0, 0.1) is 0 Å². The summed E-state index contributed by atoms with van der Waals surface area (Å²) in [7, 11) is 3.15. The smallest absolute Gasteiger partial charge is 0.339 e. The fourth-order valence-corrected chi connectivity index (χ4v) is 2.64. The maximum Gasteiger partial charge on any atom is 0.339 e. The van der Waals surface area contributed by atoms with Crippen LogP contribution in [-0.4, -0.2) is 32.3 Å². The molecule has 2 rings (SSSR count). The Morgan fingerprint density at radius 3 is 2.68 bits per heavy atom. The van der Waals surface area contributed by atoms with Crippen LogP contribution in [0.2, 0.25) is 0 Å². The van der Waals surface area contributed by atoms with Gasteiger partial charge in [0, 0.05) is 12.8 Å². The summed E-state index contributed by atoms with van der Waals surface area (Å²) in [6, 6.07) is 7.70. The lowest BCUT2D eigenvalue weighted by atomic mass is 9.92. The van der Waals surface area contributed by atoms with Crippen LogP contribution in [-0.2, 0) is 9.47 Å². The van der Waals surface area contributed by atoms with Gasteiger partial charge in [-0.2, -0.15) is 0 Å². The number of hydrogen-bond donors (Lipinski definition) is 1. The number of para-hydroxylation sites is 1. The molecule has 0 radical (unpaired) electrons. The molecular weight excluding hydrogens is 242 g/mol. The second kappa shape index (κ2) is 6.57.